The molecule has 1 aliphatic rings. The fourth-order valence-electron chi connectivity index (χ4n) is 2.48. The molecule has 1 aromatic carbocycles. The molecule has 1 fully saturated rings. The van der Waals surface area contributed by atoms with Gasteiger partial charge in [-0.05, 0) is 37.1 Å². The Hall–Kier alpha value is -1.81. The van der Waals surface area contributed by atoms with Crippen molar-refractivity contribution >= 4 is 17.4 Å². The molecule has 110 valence electrons. The normalized spacial score (nSPS) is 15.6. The third kappa shape index (κ3) is 3.85. The van der Waals surface area contributed by atoms with Gasteiger partial charge in [-0.15, -0.1) is 0 Å². The number of halogens is 1. The number of benzene rings is 1. The molecule has 0 N–H and O–H groups in total. The van der Waals surface area contributed by atoms with Crippen LogP contribution in [0.3, 0.4) is 0 Å². The zero-order valence-corrected chi connectivity index (χ0v) is 12.6. The summed E-state index contributed by atoms with van der Waals surface area (Å²) in [4.78, 5) is 10.9. The number of rotatable bonds is 3. The summed E-state index contributed by atoms with van der Waals surface area (Å²) in [6, 6.07) is 9.16. The van der Waals surface area contributed by atoms with Crippen molar-refractivity contribution in [2.24, 2.45) is 0 Å². The first kappa shape index (κ1) is 14.1. The topological polar surface area (TPSA) is 38.2 Å². The average Bonchev–Trinajstić information content (AvgIpc) is 2.79. The van der Waals surface area contributed by atoms with Gasteiger partial charge >= 0.3 is 0 Å². The van der Waals surface area contributed by atoms with Gasteiger partial charge in [-0.1, -0.05) is 24.4 Å². The van der Waals surface area contributed by atoms with Gasteiger partial charge < -0.3 is 9.64 Å². The molecule has 0 radical (unpaired) electrons. The van der Waals surface area contributed by atoms with Crippen molar-refractivity contribution in [2.75, 3.05) is 18.0 Å². The van der Waals surface area contributed by atoms with Crippen LogP contribution in [0.15, 0.2) is 36.7 Å². The van der Waals surface area contributed by atoms with Crippen LogP contribution in [0.1, 0.15) is 25.7 Å². The number of hydrogen-bond acceptors (Lipinski definition) is 4. The molecule has 1 aliphatic heterocycles. The van der Waals surface area contributed by atoms with Crippen LogP contribution in [0.5, 0.6) is 11.6 Å². The first-order valence-corrected chi connectivity index (χ1v) is 7.69. The van der Waals surface area contributed by atoms with Crippen LogP contribution >= 0.6 is 11.6 Å². The van der Waals surface area contributed by atoms with E-state index in [0.717, 1.165) is 24.7 Å². The molecule has 1 aromatic heterocycles. The van der Waals surface area contributed by atoms with Gasteiger partial charge in [0.05, 0.1) is 0 Å². The summed E-state index contributed by atoms with van der Waals surface area (Å²) in [5, 5.41) is 0.690. The van der Waals surface area contributed by atoms with Crippen molar-refractivity contribution < 1.29 is 4.74 Å². The molecular weight excluding hydrogens is 286 g/mol. The minimum atomic E-state index is 0.562. The molecule has 1 saturated heterocycles. The Balaban J connectivity index is 1.74. The van der Waals surface area contributed by atoms with E-state index >= 15 is 0 Å². The maximum absolute atomic E-state index is 5.87. The van der Waals surface area contributed by atoms with E-state index in [1.165, 1.54) is 25.7 Å². The summed E-state index contributed by atoms with van der Waals surface area (Å²) in [6.45, 7) is 2.11. The van der Waals surface area contributed by atoms with E-state index in [9.17, 15) is 0 Å². The Bertz CT molecular complexity index is 580. The van der Waals surface area contributed by atoms with Crippen molar-refractivity contribution in [3.63, 3.8) is 0 Å². The largest absolute Gasteiger partial charge is 0.439 e. The average molecular weight is 304 g/mol. The molecule has 0 spiro atoms. The molecule has 2 aromatic rings. The molecule has 5 heteroatoms. The highest BCUT2D eigenvalue weighted by molar-refractivity contribution is 6.30. The Morgan fingerprint density at radius 3 is 2.38 bits per heavy atom. The summed E-state index contributed by atoms with van der Waals surface area (Å²) in [5.41, 5.74) is 0. The highest BCUT2D eigenvalue weighted by Gasteiger charge is 2.12. The van der Waals surface area contributed by atoms with Gasteiger partial charge in [0.15, 0.2) is 0 Å². The zero-order chi connectivity index (χ0) is 14.5. The minimum Gasteiger partial charge on any atom is -0.439 e. The molecular formula is C16H18ClN3O. The van der Waals surface area contributed by atoms with Crippen LogP contribution < -0.4 is 9.64 Å². The summed E-state index contributed by atoms with van der Waals surface area (Å²) in [7, 11) is 0. The van der Waals surface area contributed by atoms with Gasteiger partial charge in [0, 0.05) is 24.2 Å². The van der Waals surface area contributed by atoms with Crippen molar-refractivity contribution in [3.05, 3.63) is 41.7 Å². The molecule has 2 heterocycles. The fraction of sp³-hybridized carbons (Fsp3) is 0.375. The Morgan fingerprint density at radius 1 is 0.952 bits per heavy atom. The van der Waals surface area contributed by atoms with Crippen LogP contribution in [0, 0.1) is 0 Å². The number of aromatic nitrogens is 2. The SMILES string of the molecule is Clc1ccc(Oc2cc(N3CCCCCC3)ncn2)cc1. The molecule has 3 rings (SSSR count). The first-order chi connectivity index (χ1) is 10.3. The van der Waals surface area contributed by atoms with Gasteiger partial charge in [-0.2, -0.15) is 0 Å². The first-order valence-electron chi connectivity index (χ1n) is 7.32. The highest BCUT2D eigenvalue weighted by Crippen LogP contribution is 2.24. The van der Waals surface area contributed by atoms with Gasteiger partial charge in [-0.25, -0.2) is 9.97 Å². The summed E-state index contributed by atoms with van der Waals surface area (Å²) < 4.78 is 5.76. The van der Waals surface area contributed by atoms with Crippen molar-refractivity contribution in [3.8, 4) is 11.6 Å². The van der Waals surface area contributed by atoms with Crippen molar-refractivity contribution in [1.82, 2.24) is 9.97 Å². The second kappa shape index (κ2) is 6.76. The van der Waals surface area contributed by atoms with E-state index in [-0.39, 0.29) is 0 Å². The standard InChI is InChI=1S/C16H18ClN3O/c17-13-5-7-14(8-6-13)21-16-11-15(18-12-19-16)20-9-3-1-2-4-10-20/h5-8,11-12H,1-4,9-10H2. The lowest BCUT2D eigenvalue weighted by Crippen LogP contribution is -2.24. The van der Waals surface area contributed by atoms with E-state index in [4.69, 9.17) is 16.3 Å². The quantitative estimate of drug-likeness (QED) is 0.847. The van der Waals surface area contributed by atoms with E-state index in [0.29, 0.717) is 10.9 Å². The molecule has 0 saturated carbocycles. The summed E-state index contributed by atoms with van der Waals surface area (Å²) in [6.07, 6.45) is 6.60. The van der Waals surface area contributed by atoms with Crippen LogP contribution in [0.25, 0.3) is 0 Å². The zero-order valence-electron chi connectivity index (χ0n) is 11.8. The molecule has 4 nitrogen and oxygen atoms in total. The maximum Gasteiger partial charge on any atom is 0.224 e. The van der Waals surface area contributed by atoms with Crippen molar-refractivity contribution in [1.29, 1.82) is 0 Å². The number of anilines is 1. The third-order valence-corrected chi connectivity index (χ3v) is 3.85. The smallest absolute Gasteiger partial charge is 0.224 e. The molecule has 0 bridgehead atoms. The van der Waals surface area contributed by atoms with Gasteiger partial charge in [0.1, 0.15) is 17.9 Å². The van der Waals surface area contributed by atoms with E-state index in [2.05, 4.69) is 14.9 Å². The highest BCUT2D eigenvalue weighted by atomic mass is 35.5. The fourth-order valence-corrected chi connectivity index (χ4v) is 2.61. The summed E-state index contributed by atoms with van der Waals surface area (Å²) >= 11 is 5.87. The molecule has 0 amide bonds. The van der Waals surface area contributed by atoms with Crippen LogP contribution in [-0.4, -0.2) is 23.1 Å². The molecule has 0 unspecified atom stereocenters. The number of nitrogens with zero attached hydrogens (tertiary/aromatic N) is 3. The van der Waals surface area contributed by atoms with Crippen LogP contribution in [0.2, 0.25) is 5.02 Å². The molecule has 21 heavy (non-hydrogen) atoms. The monoisotopic (exact) mass is 303 g/mol. The Labute approximate surface area is 129 Å². The Kier molecular flexibility index (Phi) is 4.55. The Morgan fingerprint density at radius 2 is 1.67 bits per heavy atom. The lowest BCUT2D eigenvalue weighted by atomic mass is 10.2. The van der Waals surface area contributed by atoms with Crippen molar-refractivity contribution in [2.45, 2.75) is 25.7 Å². The van der Waals surface area contributed by atoms with E-state index in [1.807, 2.05) is 18.2 Å². The third-order valence-electron chi connectivity index (χ3n) is 3.59. The van der Waals surface area contributed by atoms with Gasteiger partial charge in [-0.3, -0.25) is 0 Å². The summed E-state index contributed by atoms with van der Waals surface area (Å²) in [5.74, 6) is 2.22. The second-order valence-corrected chi connectivity index (χ2v) is 5.61. The minimum absolute atomic E-state index is 0.562. The van der Waals surface area contributed by atoms with Gasteiger partial charge in [0.2, 0.25) is 5.88 Å². The number of ether oxygens (including phenoxy) is 1. The van der Waals surface area contributed by atoms with E-state index in [1.54, 1.807) is 18.5 Å². The predicted molar refractivity (Wildman–Crippen MR) is 84.2 cm³/mol. The van der Waals surface area contributed by atoms with Gasteiger partial charge in [0.25, 0.3) is 0 Å². The molecule has 0 aliphatic carbocycles. The maximum atomic E-state index is 5.87. The predicted octanol–water partition coefficient (Wildman–Crippen LogP) is 4.30. The second-order valence-electron chi connectivity index (χ2n) is 5.17. The molecule has 0 atom stereocenters. The van der Waals surface area contributed by atoms with Crippen LogP contribution in [0.4, 0.5) is 5.82 Å². The lowest BCUT2D eigenvalue weighted by Gasteiger charge is -2.21. The van der Waals surface area contributed by atoms with E-state index < -0.39 is 0 Å². The lowest BCUT2D eigenvalue weighted by molar-refractivity contribution is 0.461. The number of hydrogen-bond donors (Lipinski definition) is 0. The van der Waals surface area contributed by atoms with Crippen LogP contribution in [-0.2, 0) is 0 Å².